The highest BCUT2D eigenvalue weighted by molar-refractivity contribution is 7.92. The monoisotopic (exact) mass is 654 g/mol. The van der Waals surface area contributed by atoms with E-state index in [0.717, 1.165) is 52.7 Å². The molecule has 244 valence electrons. The summed E-state index contributed by atoms with van der Waals surface area (Å²) in [5, 5.41) is 14.8. The highest BCUT2D eigenvalue weighted by atomic mass is 32.2. The van der Waals surface area contributed by atoms with Crippen molar-refractivity contribution in [2.24, 2.45) is 0 Å². The largest absolute Gasteiger partial charge is 0.352 e. The highest BCUT2D eigenvalue weighted by Crippen LogP contribution is 2.28. The summed E-state index contributed by atoms with van der Waals surface area (Å²) >= 11 is 0. The molecule has 0 unspecified atom stereocenters. The van der Waals surface area contributed by atoms with Crippen LogP contribution in [0.15, 0.2) is 114 Å². The van der Waals surface area contributed by atoms with Crippen LogP contribution in [0.5, 0.6) is 0 Å². The van der Waals surface area contributed by atoms with E-state index in [1.165, 1.54) is 35.2 Å². The van der Waals surface area contributed by atoms with Crippen LogP contribution in [-0.2, 0) is 32.6 Å². The zero-order valence-electron chi connectivity index (χ0n) is 26.2. The van der Waals surface area contributed by atoms with Gasteiger partial charge in [0, 0.05) is 31.1 Å². The molecule has 0 heterocycles. The molecule has 1 aliphatic carbocycles. The Labute approximate surface area is 275 Å². The average Bonchev–Trinajstić information content (AvgIpc) is 3.59. The van der Waals surface area contributed by atoms with Crippen molar-refractivity contribution in [2.45, 2.75) is 62.6 Å². The predicted molar refractivity (Wildman–Crippen MR) is 180 cm³/mol. The maximum absolute atomic E-state index is 14.6. The van der Waals surface area contributed by atoms with E-state index in [9.17, 15) is 28.1 Å². The van der Waals surface area contributed by atoms with Gasteiger partial charge in [0.15, 0.2) is 0 Å². The van der Waals surface area contributed by atoms with Gasteiger partial charge in [0.25, 0.3) is 15.7 Å². The lowest BCUT2D eigenvalue weighted by Gasteiger charge is -2.34. The molecule has 11 heteroatoms. The van der Waals surface area contributed by atoms with E-state index in [2.05, 4.69) is 5.32 Å². The lowest BCUT2D eigenvalue weighted by molar-refractivity contribution is -0.384. The maximum atomic E-state index is 14.6. The van der Waals surface area contributed by atoms with Crippen LogP contribution in [0.4, 0.5) is 11.4 Å². The van der Waals surface area contributed by atoms with Gasteiger partial charge in [0.1, 0.15) is 12.6 Å². The maximum Gasteiger partial charge on any atom is 0.271 e. The number of anilines is 1. The summed E-state index contributed by atoms with van der Waals surface area (Å²) in [6.07, 6.45) is 3.93. The normalized spacial score (nSPS) is 13.9. The minimum absolute atomic E-state index is 0.00322. The van der Waals surface area contributed by atoms with Crippen molar-refractivity contribution in [1.82, 2.24) is 10.2 Å². The van der Waals surface area contributed by atoms with Crippen molar-refractivity contribution in [3.8, 4) is 0 Å². The molecule has 47 heavy (non-hydrogen) atoms. The molecular formula is C36H38N4O6S. The molecule has 5 rings (SSSR count). The van der Waals surface area contributed by atoms with Crippen LogP contribution in [-0.4, -0.2) is 48.7 Å². The van der Waals surface area contributed by atoms with Crippen molar-refractivity contribution in [1.29, 1.82) is 0 Å². The summed E-state index contributed by atoms with van der Waals surface area (Å²) in [6.45, 7) is 1.29. The number of non-ortho nitro benzene ring substituents is 1. The molecule has 1 saturated carbocycles. The molecular weight excluding hydrogens is 616 g/mol. The number of sulfonamides is 1. The second-order valence-electron chi connectivity index (χ2n) is 11.8. The fraction of sp³-hybridized carbons (Fsp3) is 0.278. The number of rotatable bonds is 13. The number of aryl methyl sites for hydroxylation is 1. The van der Waals surface area contributed by atoms with Crippen LogP contribution < -0.4 is 9.62 Å². The third-order valence-corrected chi connectivity index (χ3v) is 10.1. The van der Waals surface area contributed by atoms with E-state index in [0.29, 0.717) is 0 Å². The summed E-state index contributed by atoms with van der Waals surface area (Å²) in [7, 11) is -4.37. The summed E-state index contributed by atoms with van der Waals surface area (Å²) in [5.74, 6) is -0.936. The van der Waals surface area contributed by atoms with Gasteiger partial charge in [-0.15, -0.1) is 0 Å². The molecule has 0 aliphatic heterocycles. The van der Waals surface area contributed by atoms with Crippen LogP contribution in [0.25, 0.3) is 0 Å². The first-order chi connectivity index (χ1) is 22.6. The molecule has 4 aromatic carbocycles. The van der Waals surface area contributed by atoms with E-state index in [1.54, 1.807) is 18.2 Å². The SMILES string of the molecule is Cc1cccc(CN(C(=O)CN(c2cccc([N+](=O)[O-])c2)S(=O)(=O)c2ccccc2)[C@H](Cc2ccccc2)C(=O)NC2CCCC2)c1. The predicted octanol–water partition coefficient (Wildman–Crippen LogP) is 5.80. The summed E-state index contributed by atoms with van der Waals surface area (Å²) in [4.78, 5) is 41.1. The fourth-order valence-electron chi connectivity index (χ4n) is 5.94. The second-order valence-corrected chi connectivity index (χ2v) is 13.7. The van der Waals surface area contributed by atoms with Crippen LogP contribution in [0.1, 0.15) is 42.4 Å². The Kier molecular flexibility index (Phi) is 10.7. The lowest BCUT2D eigenvalue weighted by Crippen LogP contribution is -2.54. The van der Waals surface area contributed by atoms with Crippen LogP contribution in [0.3, 0.4) is 0 Å². The molecule has 0 bridgehead atoms. The van der Waals surface area contributed by atoms with Gasteiger partial charge >= 0.3 is 0 Å². The number of hydrogen-bond donors (Lipinski definition) is 1. The number of benzene rings is 4. The van der Waals surface area contributed by atoms with Gasteiger partial charge in [0.05, 0.1) is 15.5 Å². The van der Waals surface area contributed by atoms with E-state index in [4.69, 9.17) is 0 Å². The first-order valence-corrected chi connectivity index (χ1v) is 17.1. The zero-order chi connectivity index (χ0) is 33.4. The summed E-state index contributed by atoms with van der Waals surface area (Å²) in [5.41, 5.74) is 2.22. The Morgan fingerprint density at radius 2 is 1.51 bits per heavy atom. The smallest absolute Gasteiger partial charge is 0.271 e. The molecule has 2 amide bonds. The molecule has 4 aromatic rings. The third-order valence-electron chi connectivity index (χ3n) is 8.35. The minimum Gasteiger partial charge on any atom is -0.352 e. The molecule has 1 atom stereocenters. The molecule has 1 fully saturated rings. The number of nitro benzene ring substituents is 1. The number of amides is 2. The number of nitrogens with zero attached hydrogens (tertiary/aromatic N) is 3. The lowest BCUT2D eigenvalue weighted by atomic mass is 10.0. The molecule has 1 N–H and O–H groups in total. The number of carbonyl (C=O) groups excluding carboxylic acids is 2. The summed E-state index contributed by atoms with van der Waals surface area (Å²) in [6, 6.07) is 28.8. The quantitative estimate of drug-likeness (QED) is 0.143. The van der Waals surface area contributed by atoms with Crippen molar-refractivity contribution >= 4 is 33.2 Å². The van der Waals surface area contributed by atoms with Gasteiger partial charge in [-0.2, -0.15) is 0 Å². The minimum atomic E-state index is -4.37. The van der Waals surface area contributed by atoms with Crippen LogP contribution >= 0.6 is 0 Å². The van der Waals surface area contributed by atoms with E-state index < -0.39 is 33.4 Å². The molecule has 0 aromatic heterocycles. The number of nitrogens with one attached hydrogen (secondary N) is 1. The molecule has 1 aliphatic rings. The molecule has 0 spiro atoms. The van der Waals surface area contributed by atoms with Gasteiger partial charge in [-0.05, 0) is 49.1 Å². The van der Waals surface area contributed by atoms with Crippen molar-refractivity contribution in [3.63, 3.8) is 0 Å². The number of hydrogen-bond acceptors (Lipinski definition) is 6. The van der Waals surface area contributed by atoms with Gasteiger partial charge in [-0.3, -0.25) is 24.0 Å². The third kappa shape index (κ3) is 8.42. The first-order valence-electron chi connectivity index (χ1n) is 15.6. The Bertz CT molecular complexity index is 1810. The average molecular weight is 655 g/mol. The second kappa shape index (κ2) is 15.0. The van der Waals surface area contributed by atoms with E-state index in [1.807, 2.05) is 61.5 Å². The van der Waals surface area contributed by atoms with Gasteiger partial charge in [0.2, 0.25) is 11.8 Å². The Morgan fingerprint density at radius 1 is 0.872 bits per heavy atom. The first kappa shape index (κ1) is 33.3. The molecule has 0 saturated heterocycles. The zero-order valence-corrected chi connectivity index (χ0v) is 27.0. The number of carbonyl (C=O) groups is 2. The molecule has 10 nitrogen and oxygen atoms in total. The van der Waals surface area contributed by atoms with Crippen LogP contribution in [0.2, 0.25) is 0 Å². The Balaban J connectivity index is 1.58. The van der Waals surface area contributed by atoms with Gasteiger partial charge in [-0.1, -0.05) is 97.3 Å². The van der Waals surface area contributed by atoms with E-state index >= 15 is 0 Å². The van der Waals surface area contributed by atoms with Crippen molar-refractivity contribution in [2.75, 3.05) is 10.8 Å². The fourth-order valence-corrected chi connectivity index (χ4v) is 7.37. The van der Waals surface area contributed by atoms with E-state index in [-0.39, 0.29) is 41.2 Å². The van der Waals surface area contributed by atoms with Gasteiger partial charge in [-0.25, -0.2) is 8.42 Å². The summed E-state index contributed by atoms with van der Waals surface area (Å²) < 4.78 is 29.1. The Morgan fingerprint density at radius 3 is 2.17 bits per heavy atom. The van der Waals surface area contributed by atoms with Gasteiger partial charge < -0.3 is 10.2 Å². The van der Waals surface area contributed by atoms with Crippen LogP contribution in [0, 0.1) is 17.0 Å². The standard InChI is InChI=1S/C36H38N4O6S/c1-27-12-10-15-29(22-27)25-38(34(23-28-13-4-2-5-14-28)36(42)37-30-16-8-9-17-30)35(41)26-39(31-18-11-19-32(24-31)40(43)44)47(45,46)33-20-6-3-7-21-33/h2-7,10-15,18-22,24,30,34H,8-9,16-17,23,25-26H2,1H3,(H,37,42)/t34-/m1/s1. The Hall–Kier alpha value is -5.03. The topological polar surface area (TPSA) is 130 Å². The van der Waals surface area contributed by atoms with Crippen molar-refractivity contribution in [3.05, 3.63) is 136 Å². The van der Waals surface area contributed by atoms with Crippen molar-refractivity contribution < 1.29 is 22.9 Å². The molecule has 0 radical (unpaired) electrons. The number of nitro groups is 1. The highest BCUT2D eigenvalue weighted by Gasteiger charge is 2.36.